The molecule has 1 aromatic rings. The highest BCUT2D eigenvalue weighted by Crippen LogP contribution is 2.04. The molecular weight excluding hydrogens is 232 g/mol. The van der Waals surface area contributed by atoms with Crippen LogP contribution in [0.4, 0.5) is 0 Å². The van der Waals surface area contributed by atoms with Gasteiger partial charge in [-0.1, -0.05) is 18.2 Å². The van der Waals surface area contributed by atoms with Crippen LogP contribution in [0.5, 0.6) is 0 Å². The van der Waals surface area contributed by atoms with Gasteiger partial charge in [-0.2, -0.15) is 0 Å². The number of carboxylic acid groups (broad SMARTS) is 1. The van der Waals surface area contributed by atoms with Gasteiger partial charge in [-0.15, -0.1) is 6.58 Å². The topological polar surface area (TPSA) is 78.4 Å². The van der Waals surface area contributed by atoms with Crippen molar-refractivity contribution >= 4 is 11.9 Å². The molecule has 5 nitrogen and oxygen atoms in total. The standard InChI is InChI=1S/C13H16N2O3/c1-2-6-14-9-12(16)15-8-10-4-3-5-11(7-10)13(17)18/h2-5,7,14H,1,6,8-9H2,(H,15,16)(H,17,18). The lowest BCUT2D eigenvalue weighted by atomic mass is 10.1. The quantitative estimate of drug-likeness (QED) is 0.492. The number of carbonyl (C=O) groups excluding carboxylic acids is 1. The number of nitrogens with one attached hydrogen (secondary N) is 2. The van der Waals surface area contributed by atoms with E-state index in [9.17, 15) is 9.59 Å². The van der Waals surface area contributed by atoms with Crippen molar-refractivity contribution in [2.75, 3.05) is 13.1 Å². The van der Waals surface area contributed by atoms with E-state index in [1.807, 2.05) is 0 Å². The Morgan fingerprint density at radius 2 is 2.17 bits per heavy atom. The Morgan fingerprint density at radius 1 is 1.39 bits per heavy atom. The molecule has 5 heteroatoms. The Morgan fingerprint density at radius 3 is 2.83 bits per heavy atom. The van der Waals surface area contributed by atoms with E-state index in [0.29, 0.717) is 13.1 Å². The van der Waals surface area contributed by atoms with E-state index >= 15 is 0 Å². The van der Waals surface area contributed by atoms with Crippen molar-refractivity contribution in [1.29, 1.82) is 0 Å². The molecule has 0 aliphatic rings. The molecule has 3 N–H and O–H groups in total. The van der Waals surface area contributed by atoms with Crippen LogP contribution in [0.2, 0.25) is 0 Å². The number of benzene rings is 1. The molecule has 0 unspecified atom stereocenters. The fourth-order valence-corrected chi connectivity index (χ4v) is 1.37. The summed E-state index contributed by atoms with van der Waals surface area (Å²) in [6.07, 6.45) is 1.67. The SMILES string of the molecule is C=CCNCC(=O)NCc1cccc(C(=O)O)c1. The first-order chi connectivity index (χ1) is 8.63. The van der Waals surface area contributed by atoms with Gasteiger partial charge < -0.3 is 15.7 Å². The van der Waals surface area contributed by atoms with Crippen LogP contribution in [-0.4, -0.2) is 30.1 Å². The normalized spacial score (nSPS) is 9.78. The lowest BCUT2D eigenvalue weighted by Gasteiger charge is -2.06. The number of carboxylic acids is 1. The van der Waals surface area contributed by atoms with E-state index in [-0.39, 0.29) is 18.0 Å². The van der Waals surface area contributed by atoms with Crippen LogP contribution in [0.25, 0.3) is 0 Å². The van der Waals surface area contributed by atoms with Gasteiger partial charge in [0, 0.05) is 13.1 Å². The third-order valence-corrected chi connectivity index (χ3v) is 2.24. The van der Waals surface area contributed by atoms with E-state index in [2.05, 4.69) is 17.2 Å². The molecule has 0 atom stereocenters. The molecule has 0 heterocycles. The Kier molecular flexibility index (Phi) is 5.60. The molecule has 0 aromatic heterocycles. The van der Waals surface area contributed by atoms with Gasteiger partial charge in [0.15, 0.2) is 0 Å². The van der Waals surface area contributed by atoms with Gasteiger partial charge in [0.2, 0.25) is 5.91 Å². The zero-order valence-electron chi connectivity index (χ0n) is 9.98. The Labute approximate surface area is 106 Å². The van der Waals surface area contributed by atoms with Gasteiger partial charge in [0.05, 0.1) is 12.1 Å². The van der Waals surface area contributed by atoms with Crippen molar-refractivity contribution < 1.29 is 14.7 Å². The first kappa shape index (κ1) is 13.9. The zero-order valence-corrected chi connectivity index (χ0v) is 9.98. The highest BCUT2D eigenvalue weighted by molar-refractivity contribution is 5.87. The van der Waals surface area contributed by atoms with Crippen LogP contribution >= 0.6 is 0 Å². The van der Waals surface area contributed by atoms with E-state index in [0.717, 1.165) is 5.56 Å². The lowest BCUT2D eigenvalue weighted by molar-refractivity contribution is -0.120. The number of hydrogen-bond acceptors (Lipinski definition) is 3. The van der Waals surface area contributed by atoms with Crippen molar-refractivity contribution in [2.45, 2.75) is 6.54 Å². The Balaban J connectivity index is 2.43. The summed E-state index contributed by atoms with van der Waals surface area (Å²) in [5, 5.41) is 14.4. The second-order valence-corrected chi connectivity index (χ2v) is 3.70. The Bertz CT molecular complexity index is 444. The maximum absolute atomic E-state index is 11.4. The van der Waals surface area contributed by atoms with Crippen LogP contribution in [0.1, 0.15) is 15.9 Å². The number of rotatable bonds is 7. The molecule has 0 fully saturated rings. The van der Waals surface area contributed by atoms with Gasteiger partial charge in [-0.05, 0) is 17.7 Å². The van der Waals surface area contributed by atoms with Gasteiger partial charge in [-0.25, -0.2) is 4.79 Å². The van der Waals surface area contributed by atoms with Crippen LogP contribution in [-0.2, 0) is 11.3 Å². The summed E-state index contributed by atoms with van der Waals surface area (Å²) in [7, 11) is 0. The summed E-state index contributed by atoms with van der Waals surface area (Å²) in [4.78, 5) is 22.1. The molecule has 96 valence electrons. The van der Waals surface area contributed by atoms with Gasteiger partial charge >= 0.3 is 5.97 Å². The summed E-state index contributed by atoms with van der Waals surface area (Å²) in [5.74, 6) is -1.12. The van der Waals surface area contributed by atoms with Crippen LogP contribution in [0, 0.1) is 0 Å². The average molecular weight is 248 g/mol. The minimum Gasteiger partial charge on any atom is -0.478 e. The maximum atomic E-state index is 11.4. The summed E-state index contributed by atoms with van der Waals surface area (Å²) in [6.45, 7) is 4.63. The summed E-state index contributed by atoms with van der Waals surface area (Å²) < 4.78 is 0. The average Bonchev–Trinajstić information content (AvgIpc) is 2.37. The summed E-state index contributed by atoms with van der Waals surface area (Å²) >= 11 is 0. The first-order valence-electron chi connectivity index (χ1n) is 5.54. The van der Waals surface area contributed by atoms with E-state index in [4.69, 9.17) is 5.11 Å². The van der Waals surface area contributed by atoms with Crippen molar-refractivity contribution in [1.82, 2.24) is 10.6 Å². The van der Waals surface area contributed by atoms with Gasteiger partial charge in [-0.3, -0.25) is 4.79 Å². The maximum Gasteiger partial charge on any atom is 0.335 e. The van der Waals surface area contributed by atoms with Crippen molar-refractivity contribution in [3.63, 3.8) is 0 Å². The first-order valence-corrected chi connectivity index (χ1v) is 5.54. The molecular formula is C13H16N2O3. The second kappa shape index (κ2) is 7.24. The second-order valence-electron chi connectivity index (χ2n) is 3.70. The number of carbonyl (C=O) groups is 2. The van der Waals surface area contributed by atoms with Crippen LogP contribution in [0.3, 0.4) is 0 Å². The predicted octanol–water partition coefficient (Wildman–Crippen LogP) is 0.777. The van der Waals surface area contributed by atoms with Crippen molar-refractivity contribution in [3.05, 3.63) is 48.0 Å². The molecule has 18 heavy (non-hydrogen) atoms. The molecule has 1 aromatic carbocycles. The number of hydrogen-bond donors (Lipinski definition) is 3. The largest absolute Gasteiger partial charge is 0.478 e. The summed E-state index contributed by atoms with van der Waals surface area (Å²) in [5.41, 5.74) is 0.971. The van der Waals surface area contributed by atoms with Gasteiger partial charge in [0.25, 0.3) is 0 Å². The van der Waals surface area contributed by atoms with Crippen molar-refractivity contribution in [2.24, 2.45) is 0 Å². The molecule has 0 bridgehead atoms. The third-order valence-electron chi connectivity index (χ3n) is 2.24. The fourth-order valence-electron chi connectivity index (χ4n) is 1.37. The van der Waals surface area contributed by atoms with Crippen LogP contribution in [0.15, 0.2) is 36.9 Å². The molecule has 0 radical (unpaired) electrons. The smallest absolute Gasteiger partial charge is 0.335 e. The lowest BCUT2D eigenvalue weighted by Crippen LogP contribution is -2.33. The molecule has 0 aliphatic carbocycles. The summed E-state index contributed by atoms with van der Waals surface area (Å²) in [6, 6.07) is 6.48. The Hall–Kier alpha value is -2.14. The van der Waals surface area contributed by atoms with E-state index in [1.54, 1.807) is 24.3 Å². The van der Waals surface area contributed by atoms with Gasteiger partial charge in [0.1, 0.15) is 0 Å². The zero-order chi connectivity index (χ0) is 13.4. The number of aromatic carboxylic acids is 1. The highest BCUT2D eigenvalue weighted by atomic mass is 16.4. The molecule has 0 saturated carbocycles. The van der Waals surface area contributed by atoms with Crippen molar-refractivity contribution in [3.8, 4) is 0 Å². The van der Waals surface area contributed by atoms with Crippen LogP contribution < -0.4 is 10.6 Å². The molecule has 0 spiro atoms. The minimum absolute atomic E-state index is 0.141. The molecule has 1 rings (SSSR count). The molecule has 0 saturated heterocycles. The predicted molar refractivity (Wildman–Crippen MR) is 68.3 cm³/mol. The van der Waals surface area contributed by atoms with E-state index in [1.165, 1.54) is 6.07 Å². The fraction of sp³-hybridized carbons (Fsp3) is 0.231. The molecule has 1 amide bonds. The molecule has 0 aliphatic heterocycles. The monoisotopic (exact) mass is 248 g/mol. The number of amides is 1. The minimum atomic E-state index is -0.976. The highest BCUT2D eigenvalue weighted by Gasteiger charge is 2.04. The third kappa shape index (κ3) is 4.80. The van der Waals surface area contributed by atoms with E-state index < -0.39 is 5.97 Å².